The van der Waals surface area contributed by atoms with Gasteiger partial charge in [-0.05, 0) is 55.2 Å². The fourth-order valence-corrected chi connectivity index (χ4v) is 6.20. The minimum atomic E-state index is -3.83. The molecule has 0 unspecified atom stereocenters. The molecule has 1 aliphatic carbocycles. The maximum atomic E-state index is 14.2. The molecular weight excluding hydrogens is 550 g/mol. The Morgan fingerprint density at radius 3 is 2.14 bits per heavy atom. The Bertz CT molecular complexity index is 1420. The first kappa shape index (κ1) is 31.1. The summed E-state index contributed by atoms with van der Waals surface area (Å²) in [6, 6.07) is 23.2. The third kappa shape index (κ3) is 8.58. The van der Waals surface area contributed by atoms with Crippen LogP contribution in [0.1, 0.15) is 48.8 Å². The molecule has 1 N–H and O–H groups in total. The number of rotatable bonds is 12. The van der Waals surface area contributed by atoms with E-state index in [0.717, 1.165) is 59.4 Å². The molecule has 4 rings (SSSR count). The van der Waals surface area contributed by atoms with E-state index in [-0.39, 0.29) is 18.5 Å². The number of carbonyl (C=O) groups excluding carboxylic acids is 2. The maximum absolute atomic E-state index is 14.2. The van der Waals surface area contributed by atoms with Crippen LogP contribution < -0.4 is 14.4 Å². The molecule has 9 heteroatoms. The standard InChI is InChI=1S/C33H41N3O5S/c1-25-14-16-27(17-15-25)23-35(32(37)24-36(42(3,39)40)29-18-20-30(41-2)21-19-29)31(22-26-10-6-4-7-11-26)33(38)34-28-12-8-5-9-13-28/h4,6-7,10-11,14-21,28,31H,5,8-9,12-13,22-24H2,1-3H3,(H,34,38)/t31-/m0/s1. The molecular formula is C33H41N3O5S. The van der Waals surface area contributed by atoms with Gasteiger partial charge in [0.15, 0.2) is 0 Å². The number of carbonyl (C=O) groups is 2. The van der Waals surface area contributed by atoms with E-state index in [1.54, 1.807) is 24.3 Å². The quantitative estimate of drug-likeness (QED) is 0.325. The highest BCUT2D eigenvalue weighted by Gasteiger charge is 2.34. The first-order valence-electron chi connectivity index (χ1n) is 14.4. The van der Waals surface area contributed by atoms with Gasteiger partial charge in [0.05, 0.1) is 19.1 Å². The van der Waals surface area contributed by atoms with Crippen molar-refractivity contribution in [3.63, 3.8) is 0 Å². The topological polar surface area (TPSA) is 96.0 Å². The maximum Gasteiger partial charge on any atom is 0.244 e. The predicted molar refractivity (Wildman–Crippen MR) is 166 cm³/mol. The van der Waals surface area contributed by atoms with Crippen LogP contribution in [-0.2, 0) is 32.6 Å². The average Bonchev–Trinajstić information content (AvgIpc) is 2.99. The number of aryl methyl sites for hydroxylation is 1. The van der Waals surface area contributed by atoms with E-state index in [9.17, 15) is 18.0 Å². The third-order valence-electron chi connectivity index (χ3n) is 7.74. The molecule has 1 fully saturated rings. The van der Waals surface area contributed by atoms with Gasteiger partial charge < -0.3 is 15.0 Å². The van der Waals surface area contributed by atoms with Crippen LogP contribution in [0.5, 0.6) is 5.75 Å². The van der Waals surface area contributed by atoms with Crippen LogP contribution in [0.15, 0.2) is 78.9 Å². The normalized spacial score (nSPS) is 14.5. The number of anilines is 1. The molecule has 1 atom stereocenters. The van der Waals surface area contributed by atoms with Gasteiger partial charge >= 0.3 is 0 Å². The molecule has 1 saturated carbocycles. The number of benzene rings is 3. The van der Waals surface area contributed by atoms with Crippen LogP contribution >= 0.6 is 0 Å². The molecule has 0 saturated heterocycles. The highest BCUT2D eigenvalue weighted by molar-refractivity contribution is 7.92. The van der Waals surface area contributed by atoms with Gasteiger partial charge in [-0.25, -0.2) is 8.42 Å². The van der Waals surface area contributed by atoms with Gasteiger partial charge in [-0.2, -0.15) is 0 Å². The van der Waals surface area contributed by atoms with Crippen molar-refractivity contribution < 1.29 is 22.7 Å². The summed E-state index contributed by atoms with van der Waals surface area (Å²) in [5.41, 5.74) is 3.19. The molecule has 42 heavy (non-hydrogen) atoms. The largest absolute Gasteiger partial charge is 0.497 e. The summed E-state index contributed by atoms with van der Waals surface area (Å²) in [6.45, 7) is 1.70. The second-order valence-corrected chi connectivity index (χ2v) is 12.9. The van der Waals surface area contributed by atoms with Gasteiger partial charge in [-0.15, -0.1) is 0 Å². The molecule has 0 aromatic heterocycles. The minimum absolute atomic E-state index is 0.0627. The molecule has 0 bridgehead atoms. The second kappa shape index (κ2) is 14.4. The lowest BCUT2D eigenvalue weighted by atomic mass is 9.94. The van der Waals surface area contributed by atoms with E-state index in [4.69, 9.17) is 4.74 Å². The summed E-state index contributed by atoms with van der Waals surface area (Å²) >= 11 is 0. The minimum Gasteiger partial charge on any atom is -0.497 e. The van der Waals surface area contributed by atoms with Crippen molar-refractivity contribution in [3.8, 4) is 5.75 Å². The lowest BCUT2D eigenvalue weighted by Gasteiger charge is -2.35. The zero-order valence-electron chi connectivity index (χ0n) is 24.7. The van der Waals surface area contributed by atoms with Crippen molar-refractivity contribution in [1.82, 2.24) is 10.2 Å². The Labute approximate surface area is 249 Å². The van der Waals surface area contributed by atoms with E-state index in [0.29, 0.717) is 17.9 Å². The van der Waals surface area contributed by atoms with Crippen LogP contribution in [0.3, 0.4) is 0 Å². The van der Waals surface area contributed by atoms with Crippen molar-refractivity contribution in [1.29, 1.82) is 0 Å². The van der Waals surface area contributed by atoms with Crippen LogP contribution in [-0.4, -0.2) is 57.1 Å². The lowest BCUT2D eigenvalue weighted by Crippen LogP contribution is -2.55. The van der Waals surface area contributed by atoms with Crippen LogP contribution in [0, 0.1) is 6.92 Å². The van der Waals surface area contributed by atoms with Crippen LogP contribution in [0.2, 0.25) is 0 Å². The van der Waals surface area contributed by atoms with Crippen molar-refractivity contribution in [2.75, 3.05) is 24.2 Å². The highest BCUT2D eigenvalue weighted by atomic mass is 32.2. The van der Waals surface area contributed by atoms with Crippen molar-refractivity contribution in [3.05, 3.63) is 95.6 Å². The molecule has 0 spiro atoms. The molecule has 3 aromatic carbocycles. The summed E-state index contributed by atoms with van der Waals surface area (Å²) in [5, 5.41) is 3.22. The van der Waals surface area contributed by atoms with Gasteiger partial charge in [-0.3, -0.25) is 13.9 Å². The lowest BCUT2D eigenvalue weighted by molar-refractivity contribution is -0.140. The number of hydrogen-bond donors (Lipinski definition) is 1. The molecule has 0 heterocycles. The number of amides is 2. The van der Waals surface area contributed by atoms with Gasteiger partial charge in [0.1, 0.15) is 18.3 Å². The van der Waals surface area contributed by atoms with Gasteiger partial charge in [0.2, 0.25) is 21.8 Å². The number of methoxy groups -OCH3 is 1. The molecule has 0 radical (unpaired) electrons. The number of hydrogen-bond acceptors (Lipinski definition) is 5. The molecule has 2 amide bonds. The van der Waals surface area contributed by atoms with Gasteiger partial charge in [-0.1, -0.05) is 79.4 Å². The van der Waals surface area contributed by atoms with Crippen LogP contribution in [0.4, 0.5) is 5.69 Å². The van der Waals surface area contributed by atoms with E-state index >= 15 is 0 Å². The summed E-state index contributed by atoms with van der Waals surface area (Å²) in [7, 11) is -2.30. The Morgan fingerprint density at radius 2 is 1.55 bits per heavy atom. The highest BCUT2D eigenvalue weighted by Crippen LogP contribution is 2.24. The smallest absolute Gasteiger partial charge is 0.244 e. The number of nitrogens with one attached hydrogen (secondary N) is 1. The third-order valence-corrected chi connectivity index (χ3v) is 8.88. The summed E-state index contributed by atoms with van der Waals surface area (Å²) in [5.74, 6) is -0.111. The van der Waals surface area contributed by atoms with Crippen molar-refractivity contribution in [2.45, 2.75) is 64.1 Å². The first-order chi connectivity index (χ1) is 20.1. The molecule has 0 aliphatic heterocycles. The fourth-order valence-electron chi connectivity index (χ4n) is 5.35. The van der Waals surface area contributed by atoms with Crippen molar-refractivity contribution in [2.24, 2.45) is 0 Å². The van der Waals surface area contributed by atoms with Gasteiger partial charge in [0.25, 0.3) is 0 Å². The molecule has 8 nitrogen and oxygen atoms in total. The average molecular weight is 592 g/mol. The van der Waals surface area contributed by atoms with Crippen LogP contribution in [0.25, 0.3) is 0 Å². The SMILES string of the molecule is COc1ccc(N(CC(=O)N(Cc2ccc(C)cc2)[C@@H](Cc2ccccc2)C(=O)NC2CCCCC2)S(C)(=O)=O)cc1. The van der Waals surface area contributed by atoms with E-state index < -0.39 is 28.5 Å². The summed E-state index contributed by atoms with van der Waals surface area (Å²) in [6.07, 6.45) is 6.48. The molecule has 1 aliphatic rings. The van der Waals surface area contributed by atoms with Gasteiger partial charge in [0, 0.05) is 19.0 Å². The number of nitrogens with zero attached hydrogens (tertiary/aromatic N) is 2. The fraction of sp³-hybridized carbons (Fsp3) is 0.394. The summed E-state index contributed by atoms with van der Waals surface area (Å²) < 4.78 is 32.2. The monoisotopic (exact) mass is 591 g/mol. The van der Waals surface area contributed by atoms with E-state index in [1.807, 2.05) is 61.5 Å². The second-order valence-electron chi connectivity index (χ2n) is 11.0. The number of sulfonamides is 1. The number of ether oxygens (including phenoxy) is 1. The Kier molecular flexibility index (Phi) is 10.6. The Balaban J connectivity index is 1.70. The molecule has 3 aromatic rings. The summed E-state index contributed by atoms with van der Waals surface area (Å²) in [4.78, 5) is 29.7. The zero-order chi connectivity index (χ0) is 30.1. The Morgan fingerprint density at radius 1 is 0.905 bits per heavy atom. The zero-order valence-corrected chi connectivity index (χ0v) is 25.5. The molecule has 224 valence electrons. The Hall–Kier alpha value is -3.85. The predicted octanol–water partition coefficient (Wildman–Crippen LogP) is 4.86. The first-order valence-corrected chi connectivity index (χ1v) is 16.3. The van der Waals surface area contributed by atoms with E-state index in [1.165, 1.54) is 12.0 Å². The van der Waals surface area contributed by atoms with E-state index in [2.05, 4.69) is 5.32 Å². The van der Waals surface area contributed by atoms with Crippen molar-refractivity contribution >= 4 is 27.5 Å².